The first-order valence-electron chi connectivity index (χ1n) is 10.4. The van der Waals surface area contributed by atoms with Crippen molar-refractivity contribution in [2.45, 2.75) is 37.0 Å². The molecule has 180 valence electrons. The third kappa shape index (κ3) is 6.21. The molecular formula is C21H22F5IN4O2. The molecule has 0 aliphatic carbocycles. The second-order valence-electron chi connectivity index (χ2n) is 8.48. The molecule has 1 N–H and O–H groups in total. The van der Waals surface area contributed by atoms with Crippen molar-refractivity contribution in [2.75, 3.05) is 37.6 Å². The van der Waals surface area contributed by atoms with E-state index < -0.39 is 29.9 Å². The molecule has 1 aromatic carbocycles. The molecule has 0 saturated carbocycles. The number of rotatable bonds is 5. The minimum Gasteiger partial charge on any atom is -0.439 e. The van der Waals surface area contributed by atoms with Crippen LogP contribution in [0.15, 0.2) is 30.3 Å². The number of alkyl halides is 5. The monoisotopic (exact) mass is 584 g/mol. The molecule has 3 heterocycles. The summed E-state index contributed by atoms with van der Waals surface area (Å²) in [5.41, 5.74) is -2.33. The van der Waals surface area contributed by atoms with Crippen molar-refractivity contribution >= 4 is 28.5 Å². The Balaban J connectivity index is 1.49. The van der Waals surface area contributed by atoms with Crippen LogP contribution in [-0.4, -0.2) is 64.2 Å². The first-order chi connectivity index (χ1) is 15.4. The molecular weight excluding hydrogens is 562 g/mol. The van der Waals surface area contributed by atoms with Crippen LogP contribution in [0.3, 0.4) is 0 Å². The largest absolute Gasteiger partial charge is 0.439 e. The standard InChI is InChI=1S/C21H22F5IN4O2/c22-20(23)6-7-30(13-20)12-19(32)4-8-31(9-5-19)18-28-16(21(24,25)26)11-17(29-18)33-15-3-1-2-14(27)10-15/h1-3,10-11,32H,4-9,12-13H2. The fourth-order valence-electron chi connectivity index (χ4n) is 4.04. The van der Waals surface area contributed by atoms with Crippen LogP contribution >= 0.6 is 22.6 Å². The van der Waals surface area contributed by atoms with Crippen LogP contribution in [0.5, 0.6) is 11.6 Å². The van der Waals surface area contributed by atoms with Gasteiger partial charge in [-0.1, -0.05) is 6.07 Å². The van der Waals surface area contributed by atoms with Gasteiger partial charge in [-0.05, 0) is 53.6 Å². The zero-order valence-electron chi connectivity index (χ0n) is 17.5. The molecule has 33 heavy (non-hydrogen) atoms. The van der Waals surface area contributed by atoms with E-state index in [0.717, 1.165) is 9.64 Å². The summed E-state index contributed by atoms with van der Waals surface area (Å²) in [5.74, 6) is -2.80. The van der Waals surface area contributed by atoms with E-state index in [9.17, 15) is 27.1 Å². The fourth-order valence-corrected chi connectivity index (χ4v) is 4.56. The maximum absolute atomic E-state index is 13.5. The number of hydrogen-bond acceptors (Lipinski definition) is 6. The Morgan fingerprint density at radius 2 is 1.79 bits per heavy atom. The lowest BCUT2D eigenvalue weighted by Gasteiger charge is -2.40. The average Bonchev–Trinajstić information content (AvgIpc) is 3.05. The predicted molar refractivity (Wildman–Crippen MR) is 119 cm³/mol. The lowest BCUT2D eigenvalue weighted by Crippen LogP contribution is -2.51. The average molecular weight is 584 g/mol. The number of ether oxygens (including phenoxy) is 1. The lowest BCUT2D eigenvalue weighted by molar-refractivity contribution is -0.141. The van der Waals surface area contributed by atoms with Crippen molar-refractivity contribution in [3.05, 3.63) is 39.6 Å². The summed E-state index contributed by atoms with van der Waals surface area (Å²) in [4.78, 5) is 10.9. The van der Waals surface area contributed by atoms with Crippen LogP contribution in [0.25, 0.3) is 0 Å². The van der Waals surface area contributed by atoms with Gasteiger partial charge < -0.3 is 14.7 Å². The second kappa shape index (κ2) is 9.10. The Labute approximate surface area is 200 Å². The van der Waals surface area contributed by atoms with E-state index in [1.807, 2.05) is 6.07 Å². The summed E-state index contributed by atoms with van der Waals surface area (Å²) in [5, 5.41) is 10.9. The van der Waals surface area contributed by atoms with Crippen LogP contribution in [0.2, 0.25) is 0 Å². The van der Waals surface area contributed by atoms with Crippen molar-refractivity contribution in [2.24, 2.45) is 0 Å². The Bertz CT molecular complexity index is 999. The number of nitrogens with zero attached hydrogens (tertiary/aromatic N) is 4. The zero-order valence-corrected chi connectivity index (χ0v) is 19.6. The molecule has 2 saturated heterocycles. The molecule has 0 atom stereocenters. The molecule has 1 aromatic heterocycles. The van der Waals surface area contributed by atoms with E-state index >= 15 is 0 Å². The summed E-state index contributed by atoms with van der Waals surface area (Å²) >= 11 is 2.06. The van der Waals surface area contributed by atoms with Gasteiger partial charge in [0.05, 0.1) is 12.1 Å². The molecule has 6 nitrogen and oxygen atoms in total. The highest BCUT2D eigenvalue weighted by atomic mass is 127. The Hall–Kier alpha value is -1.80. The fraction of sp³-hybridized carbons (Fsp3) is 0.524. The SMILES string of the molecule is OC1(CN2CCC(F)(F)C2)CCN(c2nc(Oc3cccc(I)c3)cc(C(F)(F)F)n2)CC1. The van der Waals surface area contributed by atoms with Crippen LogP contribution in [0.1, 0.15) is 25.0 Å². The molecule has 0 spiro atoms. The van der Waals surface area contributed by atoms with Gasteiger partial charge in [0.15, 0.2) is 5.69 Å². The summed E-state index contributed by atoms with van der Waals surface area (Å²) in [6, 6.07) is 7.56. The number of halogens is 6. The number of aliphatic hydroxyl groups is 1. The summed E-state index contributed by atoms with van der Waals surface area (Å²) in [7, 11) is 0. The molecule has 0 amide bonds. The maximum Gasteiger partial charge on any atom is 0.433 e. The van der Waals surface area contributed by atoms with Gasteiger partial charge in [-0.2, -0.15) is 18.2 Å². The number of β-amino-alcohol motifs (C(OH)–C–C–N with tert-alkyl or cyclic N) is 1. The zero-order chi connectivity index (χ0) is 23.9. The molecule has 0 unspecified atom stereocenters. The highest BCUT2D eigenvalue weighted by Gasteiger charge is 2.43. The topological polar surface area (TPSA) is 61.7 Å². The quantitative estimate of drug-likeness (QED) is 0.411. The molecule has 0 radical (unpaired) electrons. The minimum absolute atomic E-state index is 0.0981. The first kappa shape index (κ1) is 24.3. The normalized spacial score (nSPS) is 20.8. The molecule has 2 aromatic rings. The Kier molecular flexibility index (Phi) is 6.71. The smallest absolute Gasteiger partial charge is 0.433 e. The molecule has 12 heteroatoms. The summed E-state index contributed by atoms with van der Waals surface area (Å²) in [6.07, 6.45) is -4.54. The van der Waals surface area contributed by atoms with E-state index in [-0.39, 0.29) is 57.3 Å². The van der Waals surface area contributed by atoms with Gasteiger partial charge in [0.1, 0.15) is 5.75 Å². The van der Waals surface area contributed by atoms with Crippen LogP contribution in [0.4, 0.5) is 27.9 Å². The third-order valence-corrected chi connectivity index (χ3v) is 6.41. The molecule has 2 fully saturated rings. The number of piperidine rings is 1. The Morgan fingerprint density at radius 3 is 2.39 bits per heavy atom. The highest BCUT2D eigenvalue weighted by Crippen LogP contribution is 2.35. The maximum atomic E-state index is 13.5. The number of hydrogen-bond donors (Lipinski definition) is 1. The van der Waals surface area contributed by atoms with Gasteiger partial charge in [0, 0.05) is 42.2 Å². The molecule has 2 aliphatic rings. The number of aromatic nitrogens is 2. The third-order valence-electron chi connectivity index (χ3n) is 5.74. The van der Waals surface area contributed by atoms with Crippen molar-refractivity contribution < 1.29 is 31.8 Å². The van der Waals surface area contributed by atoms with Crippen molar-refractivity contribution in [3.63, 3.8) is 0 Å². The van der Waals surface area contributed by atoms with Crippen molar-refractivity contribution in [3.8, 4) is 11.6 Å². The lowest BCUT2D eigenvalue weighted by atomic mass is 9.91. The van der Waals surface area contributed by atoms with E-state index in [2.05, 4.69) is 32.6 Å². The van der Waals surface area contributed by atoms with Gasteiger partial charge in [0.25, 0.3) is 5.92 Å². The van der Waals surface area contributed by atoms with E-state index in [0.29, 0.717) is 5.75 Å². The number of benzene rings is 1. The molecule has 0 bridgehead atoms. The summed E-state index contributed by atoms with van der Waals surface area (Å²) in [6.45, 7) is 0.278. The van der Waals surface area contributed by atoms with Crippen molar-refractivity contribution in [1.29, 1.82) is 0 Å². The van der Waals surface area contributed by atoms with Gasteiger partial charge in [-0.3, -0.25) is 4.90 Å². The van der Waals surface area contributed by atoms with E-state index in [1.54, 1.807) is 23.1 Å². The predicted octanol–water partition coefficient (Wildman–Crippen LogP) is 4.56. The molecule has 2 aliphatic heterocycles. The van der Waals surface area contributed by atoms with Crippen molar-refractivity contribution in [1.82, 2.24) is 14.9 Å². The van der Waals surface area contributed by atoms with Crippen LogP contribution in [-0.2, 0) is 6.18 Å². The van der Waals surface area contributed by atoms with E-state index in [1.165, 1.54) is 4.90 Å². The van der Waals surface area contributed by atoms with Crippen LogP contribution < -0.4 is 9.64 Å². The number of anilines is 1. The molecule has 4 rings (SSSR count). The minimum atomic E-state index is -4.70. The van der Waals surface area contributed by atoms with Gasteiger partial charge in [0.2, 0.25) is 11.8 Å². The second-order valence-corrected chi connectivity index (χ2v) is 9.72. The highest BCUT2D eigenvalue weighted by molar-refractivity contribution is 14.1. The summed E-state index contributed by atoms with van der Waals surface area (Å²) < 4.78 is 73.7. The number of likely N-dealkylation sites (tertiary alicyclic amines) is 1. The van der Waals surface area contributed by atoms with Gasteiger partial charge in [-0.15, -0.1) is 0 Å². The first-order valence-corrected chi connectivity index (χ1v) is 11.5. The van der Waals surface area contributed by atoms with Crippen LogP contribution in [0, 0.1) is 3.57 Å². The van der Waals surface area contributed by atoms with Gasteiger partial charge >= 0.3 is 6.18 Å². The van der Waals surface area contributed by atoms with Gasteiger partial charge in [-0.25, -0.2) is 13.8 Å². The van der Waals surface area contributed by atoms with E-state index in [4.69, 9.17) is 4.74 Å². The Morgan fingerprint density at radius 1 is 1.06 bits per heavy atom.